The number of carboxylic acids is 1. The van der Waals surface area contributed by atoms with Crippen LogP contribution in [0.2, 0.25) is 0 Å². The summed E-state index contributed by atoms with van der Waals surface area (Å²) < 4.78 is 5.34. The molecule has 0 spiro atoms. The van der Waals surface area contributed by atoms with E-state index >= 15 is 0 Å². The van der Waals surface area contributed by atoms with Gasteiger partial charge in [-0.25, -0.2) is 4.79 Å². The second-order valence-electron chi connectivity index (χ2n) is 7.42. The lowest BCUT2D eigenvalue weighted by Gasteiger charge is -2.23. The predicted octanol–water partition coefficient (Wildman–Crippen LogP) is 4.96. The van der Waals surface area contributed by atoms with E-state index in [1.54, 1.807) is 33.3 Å². The third-order valence-corrected chi connectivity index (χ3v) is 6.89. The van der Waals surface area contributed by atoms with Crippen LogP contribution in [0.25, 0.3) is 0 Å². The number of amides is 1. The first-order valence-electron chi connectivity index (χ1n) is 9.21. The lowest BCUT2D eigenvalue weighted by Crippen LogP contribution is -2.40. The van der Waals surface area contributed by atoms with Crippen LogP contribution in [0.5, 0.6) is 0 Å². The van der Waals surface area contributed by atoms with E-state index < -0.39 is 23.6 Å². The van der Waals surface area contributed by atoms with Gasteiger partial charge in [0.15, 0.2) is 0 Å². The van der Waals surface area contributed by atoms with Gasteiger partial charge in [-0.1, -0.05) is 51.9 Å². The minimum atomic E-state index is -0.775. The van der Waals surface area contributed by atoms with Crippen LogP contribution in [-0.2, 0) is 16.0 Å². The summed E-state index contributed by atoms with van der Waals surface area (Å²) in [7, 11) is 3.15. The van der Waals surface area contributed by atoms with Crippen LogP contribution in [0.3, 0.4) is 0 Å². The van der Waals surface area contributed by atoms with Crippen LogP contribution in [-0.4, -0.2) is 52.3 Å². The minimum Gasteiger partial charge on any atom is -0.481 e. The summed E-state index contributed by atoms with van der Waals surface area (Å²) in [6.45, 7) is 5.52. The zero-order chi connectivity index (χ0) is 21.0. The largest absolute Gasteiger partial charge is 0.481 e. The SMILES string of the molecule is CSCC[C@@H](CSSCC(Cc1ccccc1)C(=O)O)NC(=O)OC(C)(C)C. The van der Waals surface area contributed by atoms with Gasteiger partial charge in [0.1, 0.15) is 5.60 Å². The molecule has 0 aliphatic heterocycles. The van der Waals surface area contributed by atoms with Crippen molar-refractivity contribution in [2.45, 2.75) is 45.3 Å². The molecule has 0 aliphatic rings. The lowest BCUT2D eigenvalue weighted by atomic mass is 10.0. The first kappa shape index (κ1) is 25.0. The number of ether oxygens (including phenoxy) is 1. The van der Waals surface area contributed by atoms with E-state index in [1.165, 1.54) is 0 Å². The molecule has 8 heteroatoms. The molecule has 2 N–H and O–H groups in total. The quantitative estimate of drug-likeness (QED) is 0.348. The third kappa shape index (κ3) is 11.8. The summed E-state index contributed by atoms with van der Waals surface area (Å²) in [5, 5.41) is 12.4. The molecule has 0 fully saturated rings. The smallest absolute Gasteiger partial charge is 0.407 e. The molecule has 1 unspecified atom stereocenters. The molecule has 0 aromatic heterocycles. The number of carboxylic acid groups (broad SMARTS) is 1. The van der Waals surface area contributed by atoms with Crippen molar-refractivity contribution in [1.29, 1.82) is 0 Å². The van der Waals surface area contributed by atoms with Crippen molar-refractivity contribution in [1.82, 2.24) is 5.32 Å². The fourth-order valence-electron chi connectivity index (χ4n) is 2.31. The highest BCUT2D eigenvalue weighted by atomic mass is 33.1. The summed E-state index contributed by atoms with van der Waals surface area (Å²) >= 11 is 1.73. The Labute approximate surface area is 180 Å². The molecule has 0 aliphatic carbocycles. The zero-order valence-corrected chi connectivity index (χ0v) is 19.4. The molecule has 0 bridgehead atoms. The van der Waals surface area contributed by atoms with Crippen molar-refractivity contribution in [3.63, 3.8) is 0 Å². The molecule has 1 aromatic rings. The average Bonchev–Trinajstić information content (AvgIpc) is 2.61. The number of hydrogen-bond donors (Lipinski definition) is 2. The molecule has 1 rings (SSSR count). The highest BCUT2D eigenvalue weighted by Crippen LogP contribution is 2.27. The second-order valence-corrected chi connectivity index (χ2v) is 11.0. The molecule has 5 nitrogen and oxygen atoms in total. The molecular formula is C20H31NO4S3. The van der Waals surface area contributed by atoms with Crippen LogP contribution in [0.1, 0.15) is 32.8 Å². The summed E-state index contributed by atoms with van der Waals surface area (Å²) in [6, 6.07) is 9.69. The summed E-state index contributed by atoms with van der Waals surface area (Å²) in [5.74, 6) is 0.974. The van der Waals surface area contributed by atoms with Gasteiger partial charge in [-0.15, -0.1) is 0 Å². The van der Waals surface area contributed by atoms with Gasteiger partial charge >= 0.3 is 12.1 Å². The molecule has 158 valence electrons. The molecule has 28 heavy (non-hydrogen) atoms. The summed E-state index contributed by atoms with van der Waals surface area (Å²) in [4.78, 5) is 23.6. The number of benzene rings is 1. The molecule has 2 atom stereocenters. The number of thioether (sulfide) groups is 1. The zero-order valence-electron chi connectivity index (χ0n) is 17.0. The Hall–Kier alpha value is -0.990. The normalized spacial score (nSPS) is 13.6. The maximum Gasteiger partial charge on any atom is 0.407 e. The Kier molecular flexibility index (Phi) is 11.9. The van der Waals surface area contributed by atoms with E-state index in [-0.39, 0.29) is 6.04 Å². The number of carbonyl (C=O) groups is 2. The average molecular weight is 446 g/mol. The van der Waals surface area contributed by atoms with Gasteiger partial charge in [0.05, 0.1) is 5.92 Å². The van der Waals surface area contributed by atoms with Gasteiger partial charge in [0, 0.05) is 17.5 Å². The van der Waals surface area contributed by atoms with Crippen LogP contribution >= 0.6 is 33.3 Å². The van der Waals surface area contributed by atoms with Gasteiger partial charge in [-0.2, -0.15) is 11.8 Å². The third-order valence-electron chi connectivity index (χ3n) is 3.69. The van der Waals surface area contributed by atoms with E-state index in [1.807, 2.05) is 57.4 Å². The van der Waals surface area contributed by atoms with E-state index in [0.717, 1.165) is 17.7 Å². The van der Waals surface area contributed by atoms with E-state index in [0.29, 0.717) is 17.9 Å². The van der Waals surface area contributed by atoms with Crippen LogP contribution in [0.15, 0.2) is 30.3 Å². The monoisotopic (exact) mass is 445 g/mol. The number of aliphatic carboxylic acids is 1. The number of alkyl carbamates (subject to hydrolysis) is 1. The Morgan fingerprint density at radius 3 is 2.36 bits per heavy atom. The second kappa shape index (κ2) is 13.3. The number of nitrogens with one attached hydrogen (secondary N) is 1. The Bertz CT molecular complexity index is 593. The van der Waals surface area contributed by atoms with Gasteiger partial charge < -0.3 is 15.2 Å². The lowest BCUT2D eigenvalue weighted by molar-refractivity contribution is -0.140. The van der Waals surface area contributed by atoms with Gasteiger partial charge in [-0.05, 0) is 51.2 Å². The summed E-state index contributed by atoms with van der Waals surface area (Å²) in [6.07, 6.45) is 3.00. The van der Waals surface area contributed by atoms with Gasteiger partial charge in [0.2, 0.25) is 0 Å². The van der Waals surface area contributed by atoms with E-state index in [9.17, 15) is 14.7 Å². The highest BCUT2D eigenvalue weighted by Gasteiger charge is 2.21. The molecule has 0 radical (unpaired) electrons. The van der Waals surface area contributed by atoms with Crippen molar-refractivity contribution in [2.24, 2.45) is 5.92 Å². The maximum absolute atomic E-state index is 12.0. The molecular weight excluding hydrogens is 414 g/mol. The molecule has 1 amide bonds. The highest BCUT2D eigenvalue weighted by molar-refractivity contribution is 8.76. The Morgan fingerprint density at radius 1 is 1.14 bits per heavy atom. The van der Waals surface area contributed by atoms with Crippen LogP contribution in [0, 0.1) is 5.92 Å². The first-order chi connectivity index (χ1) is 13.2. The molecule has 0 heterocycles. The number of rotatable bonds is 12. The number of carbonyl (C=O) groups excluding carboxylic acids is 1. The van der Waals surface area contributed by atoms with Gasteiger partial charge in [0.25, 0.3) is 0 Å². The van der Waals surface area contributed by atoms with Crippen molar-refractivity contribution >= 4 is 45.4 Å². The molecule has 0 saturated carbocycles. The molecule has 1 aromatic carbocycles. The first-order valence-corrected chi connectivity index (χ1v) is 13.1. The van der Waals surface area contributed by atoms with Crippen molar-refractivity contribution in [2.75, 3.05) is 23.5 Å². The topological polar surface area (TPSA) is 75.6 Å². The van der Waals surface area contributed by atoms with Crippen LogP contribution in [0.4, 0.5) is 4.79 Å². The van der Waals surface area contributed by atoms with Crippen molar-refractivity contribution in [3.05, 3.63) is 35.9 Å². The predicted molar refractivity (Wildman–Crippen MR) is 122 cm³/mol. The summed E-state index contributed by atoms with van der Waals surface area (Å²) in [5.41, 5.74) is 0.507. The van der Waals surface area contributed by atoms with Crippen LogP contribution < -0.4 is 5.32 Å². The Balaban J connectivity index is 2.45. The van der Waals surface area contributed by atoms with E-state index in [4.69, 9.17) is 4.74 Å². The van der Waals surface area contributed by atoms with Gasteiger partial charge in [-0.3, -0.25) is 4.79 Å². The van der Waals surface area contributed by atoms with E-state index in [2.05, 4.69) is 5.32 Å². The Morgan fingerprint density at radius 2 is 1.79 bits per heavy atom. The van der Waals surface area contributed by atoms with Crippen molar-refractivity contribution < 1.29 is 19.4 Å². The standard InChI is InChI=1S/C20H31NO4S3/c1-20(2,3)25-19(24)21-17(10-11-26-4)14-28-27-13-16(18(22)23)12-15-8-6-5-7-9-15/h5-9,16-17H,10-14H2,1-4H3,(H,21,24)(H,22,23)/t16?,17-/m0/s1. The fourth-order valence-corrected chi connectivity index (χ4v) is 5.42. The fraction of sp³-hybridized carbons (Fsp3) is 0.600. The minimum absolute atomic E-state index is 0.00259. The number of hydrogen-bond acceptors (Lipinski definition) is 6. The van der Waals surface area contributed by atoms with Crippen molar-refractivity contribution in [3.8, 4) is 0 Å². The molecule has 0 saturated heterocycles. The maximum atomic E-state index is 12.0.